The summed E-state index contributed by atoms with van der Waals surface area (Å²) in [6.45, 7) is 2.34. The SMILES string of the molecule is CCOC(=O)[C@H]1C(=O)N(CCc2ccccc2)c2nc3ccccc3n2[C@@H]1c1ccc(OC)cc1. The molecule has 178 valence electrons. The summed E-state index contributed by atoms with van der Waals surface area (Å²) in [6.07, 6.45) is 0.637. The van der Waals surface area contributed by atoms with Gasteiger partial charge in [0.05, 0.1) is 30.8 Å². The highest BCUT2D eigenvalue weighted by molar-refractivity contribution is 6.08. The molecule has 1 aromatic heterocycles. The Morgan fingerprint density at radius 1 is 0.971 bits per heavy atom. The molecule has 0 saturated heterocycles. The number of rotatable bonds is 7. The average Bonchev–Trinajstić information content (AvgIpc) is 3.27. The molecule has 0 N–H and O–H groups in total. The zero-order valence-electron chi connectivity index (χ0n) is 19.8. The number of anilines is 1. The molecular weight excluding hydrogens is 442 g/mol. The average molecular weight is 470 g/mol. The Labute approximate surface area is 203 Å². The Morgan fingerprint density at radius 3 is 2.40 bits per heavy atom. The molecule has 2 heterocycles. The Bertz CT molecular complexity index is 1350. The van der Waals surface area contributed by atoms with Gasteiger partial charge in [0.2, 0.25) is 11.9 Å². The number of hydrogen-bond acceptors (Lipinski definition) is 5. The lowest BCUT2D eigenvalue weighted by atomic mass is 9.89. The largest absolute Gasteiger partial charge is 0.497 e. The van der Waals surface area contributed by atoms with Gasteiger partial charge in [-0.2, -0.15) is 0 Å². The fourth-order valence-corrected chi connectivity index (χ4v) is 4.75. The molecule has 0 unspecified atom stereocenters. The van der Waals surface area contributed by atoms with Crippen LogP contribution in [0.4, 0.5) is 5.95 Å². The summed E-state index contributed by atoms with van der Waals surface area (Å²) in [5, 5.41) is 0. The number of carbonyl (C=O) groups is 2. The third-order valence-corrected chi connectivity index (χ3v) is 6.41. The van der Waals surface area contributed by atoms with E-state index in [-0.39, 0.29) is 12.5 Å². The summed E-state index contributed by atoms with van der Waals surface area (Å²) in [5.74, 6) is -0.643. The van der Waals surface area contributed by atoms with Crippen molar-refractivity contribution in [3.8, 4) is 5.75 Å². The summed E-state index contributed by atoms with van der Waals surface area (Å²) < 4.78 is 12.7. The highest BCUT2D eigenvalue weighted by Crippen LogP contribution is 2.41. The maximum Gasteiger partial charge on any atom is 0.321 e. The quantitative estimate of drug-likeness (QED) is 0.296. The number of aromatic nitrogens is 2. The van der Waals surface area contributed by atoms with Crippen molar-refractivity contribution >= 4 is 28.9 Å². The van der Waals surface area contributed by atoms with Crippen molar-refractivity contribution in [2.75, 3.05) is 25.2 Å². The first kappa shape index (κ1) is 22.7. The van der Waals surface area contributed by atoms with Crippen molar-refractivity contribution in [1.82, 2.24) is 9.55 Å². The smallest absolute Gasteiger partial charge is 0.321 e. The van der Waals surface area contributed by atoms with Gasteiger partial charge in [0.1, 0.15) is 5.75 Å². The molecule has 4 aromatic rings. The molecule has 35 heavy (non-hydrogen) atoms. The van der Waals surface area contributed by atoms with Crippen molar-refractivity contribution < 1.29 is 19.1 Å². The predicted molar refractivity (Wildman–Crippen MR) is 133 cm³/mol. The summed E-state index contributed by atoms with van der Waals surface area (Å²) >= 11 is 0. The van der Waals surface area contributed by atoms with Crippen LogP contribution in [0.2, 0.25) is 0 Å². The standard InChI is InChI=1S/C28H27N3O4/c1-3-35-27(33)24-25(20-13-15-21(34-2)16-14-20)31-23-12-8-7-11-22(23)29-28(31)30(26(24)32)18-17-19-9-5-4-6-10-19/h4-16,24-25H,3,17-18H2,1-2H3/t24-,25-/m1/s1. The zero-order valence-corrected chi connectivity index (χ0v) is 19.8. The number of benzene rings is 3. The van der Waals surface area contributed by atoms with E-state index in [0.717, 1.165) is 22.2 Å². The third kappa shape index (κ3) is 4.14. The lowest BCUT2D eigenvalue weighted by Gasteiger charge is -2.38. The topological polar surface area (TPSA) is 73.7 Å². The van der Waals surface area contributed by atoms with Crippen LogP contribution in [0.5, 0.6) is 5.75 Å². The van der Waals surface area contributed by atoms with Gasteiger partial charge in [-0.25, -0.2) is 4.98 Å². The van der Waals surface area contributed by atoms with Crippen LogP contribution < -0.4 is 9.64 Å². The normalized spacial score (nSPS) is 17.3. The van der Waals surface area contributed by atoms with Gasteiger partial charge in [0.25, 0.3) is 0 Å². The van der Waals surface area contributed by atoms with Gasteiger partial charge >= 0.3 is 5.97 Å². The molecule has 3 aromatic carbocycles. The number of methoxy groups -OCH3 is 1. The van der Waals surface area contributed by atoms with Crippen molar-refractivity contribution in [3.63, 3.8) is 0 Å². The molecule has 0 spiro atoms. The molecule has 0 aliphatic carbocycles. The third-order valence-electron chi connectivity index (χ3n) is 6.41. The molecular formula is C28H27N3O4. The zero-order chi connectivity index (χ0) is 24.4. The van der Waals surface area contributed by atoms with Gasteiger partial charge < -0.3 is 14.0 Å². The predicted octanol–water partition coefficient (Wildman–Crippen LogP) is 4.40. The van der Waals surface area contributed by atoms with E-state index in [9.17, 15) is 9.59 Å². The molecule has 1 aliphatic heterocycles. The van der Waals surface area contributed by atoms with Crippen LogP contribution in [-0.2, 0) is 20.7 Å². The number of amides is 1. The molecule has 0 saturated carbocycles. The highest BCUT2D eigenvalue weighted by Gasteiger charge is 2.47. The summed E-state index contributed by atoms with van der Waals surface area (Å²) in [7, 11) is 1.60. The van der Waals surface area contributed by atoms with E-state index < -0.39 is 17.9 Å². The lowest BCUT2D eigenvalue weighted by Crippen LogP contribution is -2.50. The van der Waals surface area contributed by atoms with E-state index >= 15 is 0 Å². The Morgan fingerprint density at radius 2 is 1.69 bits per heavy atom. The van der Waals surface area contributed by atoms with E-state index in [4.69, 9.17) is 14.5 Å². The van der Waals surface area contributed by atoms with Crippen molar-refractivity contribution in [2.45, 2.75) is 19.4 Å². The first-order chi connectivity index (χ1) is 17.1. The maximum atomic E-state index is 14.0. The monoisotopic (exact) mass is 469 g/mol. The first-order valence-electron chi connectivity index (χ1n) is 11.7. The minimum atomic E-state index is -1.04. The fraction of sp³-hybridized carbons (Fsp3) is 0.250. The van der Waals surface area contributed by atoms with Gasteiger partial charge in [-0.3, -0.25) is 14.5 Å². The Kier molecular flexibility index (Phi) is 6.23. The van der Waals surface area contributed by atoms with E-state index in [1.165, 1.54) is 0 Å². The fourth-order valence-electron chi connectivity index (χ4n) is 4.75. The second-order valence-corrected chi connectivity index (χ2v) is 8.44. The minimum absolute atomic E-state index is 0.194. The van der Waals surface area contributed by atoms with Gasteiger partial charge in [-0.15, -0.1) is 0 Å². The van der Waals surface area contributed by atoms with Crippen molar-refractivity contribution in [1.29, 1.82) is 0 Å². The second-order valence-electron chi connectivity index (χ2n) is 8.44. The molecule has 0 radical (unpaired) electrons. The second kappa shape index (κ2) is 9.62. The maximum absolute atomic E-state index is 14.0. The van der Waals surface area contributed by atoms with E-state index in [1.54, 1.807) is 18.9 Å². The van der Waals surface area contributed by atoms with Crippen LogP contribution in [-0.4, -0.2) is 41.7 Å². The van der Waals surface area contributed by atoms with Crippen LogP contribution in [0, 0.1) is 5.92 Å². The Balaban J connectivity index is 1.67. The van der Waals surface area contributed by atoms with Crippen LogP contribution in [0.1, 0.15) is 24.1 Å². The van der Waals surface area contributed by atoms with Crippen LogP contribution in [0.15, 0.2) is 78.9 Å². The molecule has 0 fully saturated rings. The molecule has 1 aliphatic rings. The van der Waals surface area contributed by atoms with E-state index in [2.05, 4.69) is 0 Å². The number of carbonyl (C=O) groups excluding carboxylic acids is 2. The summed E-state index contributed by atoms with van der Waals surface area (Å²) in [5.41, 5.74) is 3.54. The summed E-state index contributed by atoms with van der Waals surface area (Å²) in [6, 6.07) is 24.6. The Hall–Kier alpha value is -4.13. The van der Waals surface area contributed by atoms with Crippen molar-refractivity contribution in [2.24, 2.45) is 5.92 Å². The number of esters is 1. The van der Waals surface area contributed by atoms with Crippen molar-refractivity contribution in [3.05, 3.63) is 90.0 Å². The molecule has 2 atom stereocenters. The van der Waals surface area contributed by atoms with Crippen LogP contribution in [0.25, 0.3) is 11.0 Å². The highest BCUT2D eigenvalue weighted by atomic mass is 16.5. The number of ether oxygens (including phenoxy) is 2. The number of imidazole rings is 1. The van der Waals surface area contributed by atoms with Crippen LogP contribution >= 0.6 is 0 Å². The first-order valence-corrected chi connectivity index (χ1v) is 11.7. The molecule has 5 rings (SSSR count). The van der Waals surface area contributed by atoms with E-state index in [1.807, 2.05) is 83.4 Å². The molecule has 0 bridgehead atoms. The summed E-state index contributed by atoms with van der Waals surface area (Å²) in [4.78, 5) is 33.7. The van der Waals surface area contributed by atoms with Gasteiger partial charge in [0, 0.05) is 6.54 Å². The van der Waals surface area contributed by atoms with Crippen LogP contribution in [0.3, 0.4) is 0 Å². The van der Waals surface area contributed by atoms with Gasteiger partial charge in [-0.1, -0.05) is 54.6 Å². The van der Waals surface area contributed by atoms with Gasteiger partial charge in [-0.05, 0) is 48.7 Å². The van der Waals surface area contributed by atoms with Gasteiger partial charge in [0.15, 0.2) is 5.92 Å². The molecule has 7 nitrogen and oxygen atoms in total. The number of para-hydroxylation sites is 2. The molecule has 7 heteroatoms. The molecule has 1 amide bonds. The lowest BCUT2D eigenvalue weighted by molar-refractivity contribution is -0.153. The minimum Gasteiger partial charge on any atom is -0.497 e. The number of nitrogens with zero attached hydrogens (tertiary/aromatic N) is 3. The number of hydrogen-bond donors (Lipinski definition) is 0. The number of fused-ring (bicyclic) bond motifs is 3. The van der Waals surface area contributed by atoms with E-state index in [0.29, 0.717) is 24.7 Å².